The Hall–Kier alpha value is -1.55. The first-order chi connectivity index (χ1) is 10.2. The Morgan fingerprint density at radius 2 is 2.19 bits per heavy atom. The molecule has 0 saturated heterocycles. The number of benzene rings is 1. The number of H-pyrrole nitrogens is 1. The lowest BCUT2D eigenvalue weighted by Gasteiger charge is -2.02. The first-order valence-corrected chi connectivity index (χ1v) is 8.11. The Morgan fingerprint density at radius 3 is 2.86 bits per heavy atom. The van der Waals surface area contributed by atoms with E-state index in [2.05, 4.69) is 27.0 Å². The zero-order valence-electron chi connectivity index (χ0n) is 12.0. The second-order valence-corrected chi connectivity index (χ2v) is 6.38. The van der Waals surface area contributed by atoms with Gasteiger partial charge in [-0.25, -0.2) is 4.79 Å². The number of carbonyl (C=O) groups is 1. The fourth-order valence-corrected chi connectivity index (χ4v) is 2.89. The number of carbonyl (C=O) groups excluding carboxylic acids is 1. The van der Waals surface area contributed by atoms with Gasteiger partial charge >= 0.3 is 5.97 Å². The number of hydrogen-bond acceptors (Lipinski definition) is 2. The quantitative estimate of drug-likeness (QED) is 0.804. The summed E-state index contributed by atoms with van der Waals surface area (Å²) in [5.41, 5.74) is 3.72. The highest BCUT2D eigenvalue weighted by molar-refractivity contribution is 9.10. The van der Waals surface area contributed by atoms with Crippen molar-refractivity contribution < 1.29 is 9.53 Å². The highest BCUT2D eigenvalue weighted by Gasteiger charge is 2.26. The Morgan fingerprint density at radius 1 is 1.38 bits per heavy atom. The molecular formula is C17H18BrNO2. The molecule has 0 atom stereocenters. The molecule has 0 radical (unpaired) electrons. The first kappa shape index (κ1) is 14.4. The Kier molecular flexibility index (Phi) is 4.15. The van der Waals surface area contributed by atoms with E-state index < -0.39 is 0 Å². The maximum atomic E-state index is 12.1. The standard InChI is InChI=1S/C17H18BrNO2/c1-2-21-17(20)16-13(8-11-6-7-11)10-15(19-16)12-4-3-5-14(18)9-12/h3-5,9-11,19H,2,6-8H2,1H3. The van der Waals surface area contributed by atoms with Crippen LogP contribution in [0.4, 0.5) is 0 Å². The lowest BCUT2D eigenvalue weighted by Crippen LogP contribution is -2.08. The number of rotatable bonds is 5. The Labute approximate surface area is 132 Å². The molecule has 1 aromatic carbocycles. The predicted molar refractivity (Wildman–Crippen MR) is 86.3 cm³/mol. The zero-order valence-corrected chi connectivity index (χ0v) is 13.6. The van der Waals surface area contributed by atoms with Crippen LogP contribution in [0.5, 0.6) is 0 Å². The smallest absolute Gasteiger partial charge is 0.355 e. The zero-order chi connectivity index (χ0) is 14.8. The molecule has 110 valence electrons. The fraction of sp³-hybridized carbons (Fsp3) is 0.353. The van der Waals surface area contributed by atoms with Gasteiger partial charge in [0.1, 0.15) is 5.69 Å². The van der Waals surface area contributed by atoms with Gasteiger partial charge in [-0.3, -0.25) is 0 Å². The molecule has 3 rings (SSSR count). The molecule has 1 N–H and O–H groups in total. The van der Waals surface area contributed by atoms with Crippen molar-refractivity contribution in [2.45, 2.75) is 26.2 Å². The van der Waals surface area contributed by atoms with Gasteiger partial charge in [0.2, 0.25) is 0 Å². The topological polar surface area (TPSA) is 42.1 Å². The van der Waals surface area contributed by atoms with Gasteiger partial charge < -0.3 is 9.72 Å². The average Bonchev–Trinajstić information content (AvgIpc) is 3.16. The van der Waals surface area contributed by atoms with Crippen LogP contribution in [-0.2, 0) is 11.2 Å². The normalized spacial score (nSPS) is 14.2. The molecule has 21 heavy (non-hydrogen) atoms. The molecule has 1 saturated carbocycles. The molecular weight excluding hydrogens is 330 g/mol. The number of nitrogens with one attached hydrogen (secondary N) is 1. The summed E-state index contributed by atoms with van der Waals surface area (Å²) >= 11 is 3.48. The van der Waals surface area contributed by atoms with Gasteiger partial charge in [0, 0.05) is 10.2 Å². The highest BCUT2D eigenvalue weighted by Crippen LogP contribution is 2.35. The SMILES string of the molecule is CCOC(=O)c1[nH]c(-c2cccc(Br)c2)cc1CC1CC1. The van der Waals surface area contributed by atoms with E-state index in [1.807, 2.05) is 31.2 Å². The average molecular weight is 348 g/mol. The number of ether oxygens (including phenoxy) is 1. The summed E-state index contributed by atoms with van der Waals surface area (Å²) in [5, 5.41) is 0. The van der Waals surface area contributed by atoms with E-state index in [-0.39, 0.29) is 5.97 Å². The molecule has 2 aromatic rings. The van der Waals surface area contributed by atoms with Gasteiger partial charge in [-0.15, -0.1) is 0 Å². The van der Waals surface area contributed by atoms with Gasteiger partial charge in [0.05, 0.1) is 6.61 Å². The fourth-order valence-electron chi connectivity index (χ4n) is 2.49. The van der Waals surface area contributed by atoms with E-state index in [0.29, 0.717) is 12.3 Å². The van der Waals surface area contributed by atoms with E-state index in [0.717, 1.165) is 33.6 Å². The number of halogens is 1. The van der Waals surface area contributed by atoms with Gasteiger partial charge in [0.15, 0.2) is 0 Å². The van der Waals surface area contributed by atoms with Crippen LogP contribution < -0.4 is 0 Å². The summed E-state index contributed by atoms with van der Waals surface area (Å²) in [7, 11) is 0. The lowest BCUT2D eigenvalue weighted by atomic mass is 10.1. The van der Waals surface area contributed by atoms with Gasteiger partial charge in [0.25, 0.3) is 0 Å². The molecule has 1 fully saturated rings. The van der Waals surface area contributed by atoms with Crippen molar-refractivity contribution in [3.8, 4) is 11.3 Å². The van der Waals surface area contributed by atoms with E-state index in [1.54, 1.807) is 0 Å². The second kappa shape index (κ2) is 6.06. The van der Waals surface area contributed by atoms with E-state index in [9.17, 15) is 4.79 Å². The summed E-state index contributed by atoms with van der Waals surface area (Å²) in [5.74, 6) is 0.471. The van der Waals surface area contributed by atoms with E-state index in [1.165, 1.54) is 12.8 Å². The van der Waals surface area contributed by atoms with E-state index in [4.69, 9.17) is 4.74 Å². The van der Waals surface area contributed by atoms with Crippen molar-refractivity contribution >= 4 is 21.9 Å². The molecule has 0 unspecified atom stereocenters. The summed E-state index contributed by atoms with van der Waals surface area (Å²) in [4.78, 5) is 15.4. The van der Waals surface area contributed by atoms with Crippen molar-refractivity contribution in [1.82, 2.24) is 4.98 Å². The molecule has 3 nitrogen and oxygen atoms in total. The van der Waals surface area contributed by atoms with Crippen LogP contribution >= 0.6 is 15.9 Å². The number of aromatic amines is 1. The number of hydrogen-bond donors (Lipinski definition) is 1. The largest absolute Gasteiger partial charge is 0.461 e. The van der Waals surface area contributed by atoms with Crippen molar-refractivity contribution in [2.24, 2.45) is 5.92 Å². The summed E-state index contributed by atoms with van der Waals surface area (Å²) < 4.78 is 6.19. The maximum Gasteiger partial charge on any atom is 0.355 e. The molecule has 0 amide bonds. The van der Waals surface area contributed by atoms with Gasteiger partial charge in [-0.05, 0) is 61.4 Å². The monoisotopic (exact) mass is 347 g/mol. The third-order valence-corrected chi connectivity index (χ3v) is 4.21. The van der Waals surface area contributed by atoms with Crippen LogP contribution in [0.1, 0.15) is 35.8 Å². The third-order valence-electron chi connectivity index (χ3n) is 3.72. The lowest BCUT2D eigenvalue weighted by molar-refractivity contribution is 0.0519. The van der Waals surface area contributed by atoms with Crippen molar-refractivity contribution in [1.29, 1.82) is 0 Å². The van der Waals surface area contributed by atoms with Crippen molar-refractivity contribution in [2.75, 3.05) is 6.61 Å². The van der Waals surface area contributed by atoms with Gasteiger partial charge in [-0.2, -0.15) is 0 Å². The van der Waals surface area contributed by atoms with Crippen molar-refractivity contribution in [3.63, 3.8) is 0 Å². The molecule has 4 heteroatoms. The maximum absolute atomic E-state index is 12.1. The molecule has 0 spiro atoms. The minimum atomic E-state index is -0.255. The Bertz CT molecular complexity index is 659. The second-order valence-electron chi connectivity index (χ2n) is 5.46. The number of esters is 1. The molecule has 1 aliphatic carbocycles. The van der Waals surface area contributed by atoms with Crippen molar-refractivity contribution in [3.05, 3.63) is 46.1 Å². The van der Waals surface area contributed by atoms with E-state index >= 15 is 0 Å². The summed E-state index contributed by atoms with van der Waals surface area (Å²) in [6.07, 6.45) is 3.48. The minimum Gasteiger partial charge on any atom is -0.461 e. The molecule has 0 aliphatic heterocycles. The van der Waals surface area contributed by atoms with Crippen LogP contribution in [0.15, 0.2) is 34.8 Å². The van der Waals surface area contributed by atoms with Crippen LogP contribution in [0.2, 0.25) is 0 Å². The predicted octanol–water partition coefficient (Wildman–Crippen LogP) is 4.57. The van der Waals surface area contributed by atoms with Gasteiger partial charge in [-0.1, -0.05) is 28.1 Å². The summed E-state index contributed by atoms with van der Waals surface area (Å²) in [6.45, 7) is 2.23. The van der Waals surface area contributed by atoms with Crippen LogP contribution in [0.25, 0.3) is 11.3 Å². The van der Waals surface area contributed by atoms with Crippen LogP contribution in [0, 0.1) is 5.92 Å². The Balaban J connectivity index is 1.96. The molecule has 0 bridgehead atoms. The minimum absolute atomic E-state index is 0.255. The highest BCUT2D eigenvalue weighted by atomic mass is 79.9. The van der Waals surface area contributed by atoms with Crippen LogP contribution in [-0.4, -0.2) is 17.6 Å². The first-order valence-electron chi connectivity index (χ1n) is 7.32. The number of aromatic nitrogens is 1. The van der Waals surface area contributed by atoms with Crippen LogP contribution in [0.3, 0.4) is 0 Å². The molecule has 1 heterocycles. The third kappa shape index (κ3) is 3.38. The summed E-state index contributed by atoms with van der Waals surface area (Å²) in [6, 6.07) is 10.1. The molecule has 1 aromatic heterocycles. The molecule has 1 aliphatic rings.